The Balaban J connectivity index is 1.68. The highest BCUT2D eigenvalue weighted by Gasteiger charge is 2.37. The first-order chi connectivity index (χ1) is 18.3. The van der Waals surface area contributed by atoms with Crippen molar-refractivity contribution in [1.82, 2.24) is 10.3 Å². The first-order valence-electron chi connectivity index (χ1n) is 11.3. The molecule has 3 aromatic rings. The van der Waals surface area contributed by atoms with E-state index in [1.807, 2.05) is 0 Å². The van der Waals surface area contributed by atoms with Crippen LogP contribution in [0, 0.1) is 5.82 Å². The second kappa shape index (κ2) is 11.6. The van der Waals surface area contributed by atoms with Gasteiger partial charge in [-0.15, -0.1) is 0 Å². The van der Waals surface area contributed by atoms with Crippen LogP contribution in [0.1, 0.15) is 26.9 Å². The fourth-order valence-electron chi connectivity index (χ4n) is 3.61. The number of hydrogen-bond donors (Lipinski definition) is 3. The van der Waals surface area contributed by atoms with E-state index in [9.17, 15) is 23.9 Å². The van der Waals surface area contributed by atoms with Gasteiger partial charge < -0.3 is 25.6 Å². The number of benzene rings is 3. The van der Waals surface area contributed by atoms with Crippen molar-refractivity contribution >= 4 is 34.5 Å². The van der Waals surface area contributed by atoms with E-state index in [2.05, 4.69) is 10.4 Å². The summed E-state index contributed by atoms with van der Waals surface area (Å²) in [6.45, 7) is -0.742. The molecule has 1 aliphatic rings. The molecule has 0 spiro atoms. The van der Waals surface area contributed by atoms with Crippen molar-refractivity contribution in [2.75, 3.05) is 20.3 Å². The van der Waals surface area contributed by atoms with E-state index < -0.39 is 35.5 Å². The normalized spacial score (nSPS) is 14.5. The van der Waals surface area contributed by atoms with Gasteiger partial charge in [-0.05, 0) is 42.5 Å². The molecule has 3 aromatic carbocycles. The number of amides is 3. The van der Waals surface area contributed by atoms with Gasteiger partial charge in [-0.25, -0.2) is 9.40 Å². The average Bonchev–Trinajstić information content (AvgIpc) is 3.36. The summed E-state index contributed by atoms with van der Waals surface area (Å²) in [6.07, 6.45) is 0. The summed E-state index contributed by atoms with van der Waals surface area (Å²) in [6, 6.07) is 16.7. The van der Waals surface area contributed by atoms with E-state index >= 15 is 0 Å². The zero-order valence-electron chi connectivity index (χ0n) is 20.1. The van der Waals surface area contributed by atoms with E-state index in [4.69, 9.17) is 15.2 Å². The smallest absolute Gasteiger partial charge is 0.279 e. The molecule has 0 aromatic heterocycles. The Labute approximate surface area is 221 Å². The molecule has 1 aliphatic heterocycles. The maximum atomic E-state index is 13.5. The number of carbonyl (C=O) groups is 3. The van der Waals surface area contributed by atoms with Crippen molar-refractivity contribution in [3.63, 3.8) is 0 Å². The van der Waals surface area contributed by atoms with Crippen LogP contribution in [0.2, 0.25) is 0 Å². The molecule has 1 unspecified atom stereocenters. The van der Waals surface area contributed by atoms with Crippen LogP contribution in [-0.2, 0) is 9.59 Å². The van der Waals surface area contributed by atoms with Gasteiger partial charge in [0.15, 0.2) is 18.1 Å². The van der Waals surface area contributed by atoms with Crippen molar-refractivity contribution in [2.24, 2.45) is 10.8 Å². The number of hydrogen-bond acceptors (Lipinski definition) is 8. The van der Waals surface area contributed by atoms with Crippen molar-refractivity contribution in [2.45, 2.75) is 5.37 Å². The molecule has 0 saturated heterocycles. The lowest BCUT2D eigenvalue weighted by atomic mass is 10.1. The van der Waals surface area contributed by atoms with Crippen LogP contribution in [0.3, 0.4) is 0 Å². The first-order valence-corrected chi connectivity index (χ1v) is 12.1. The van der Waals surface area contributed by atoms with Crippen LogP contribution in [-0.4, -0.2) is 53.1 Å². The number of nitrogens with one attached hydrogen (secondary N) is 1. The summed E-state index contributed by atoms with van der Waals surface area (Å²) in [5.74, 6) is -1.99. The minimum atomic E-state index is -0.760. The number of carbonyl (C=O) groups excluding carboxylic acids is 3. The van der Waals surface area contributed by atoms with Crippen LogP contribution in [0.15, 0.2) is 71.8 Å². The zero-order chi connectivity index (χ0) is 27.2. The van der Waals surface area contributed by atoms with Gasteiger partial charge in [-0.1, -0.05) is 36.0 Å². The number of rotatable bonds is 9. The fraction of sp³-hybridized carbons (Fsp3) is 0.154. The van der Waals surface area contributed by atoms with Crippen LogP contribution in [0.4, 0.5) is 4.39 Å². The highest BCUT2D eigenvalue weighted by Crippen LogP contribution is 2.47. The summed E-state index contributed by atoms with van der Waals surface area (Å²) in [7, 11) is 1.41. The van der Waals surface area contributed by atoms with Gasteiger partial charge in [-0.3, -0.25) is 14.4 Å². The number of ether oxygens (including phenoxy) is 2. The van der Waals surface area contributed by atoms with Gasteiger partial charge in [0, 0.05) is 11.1 Å². The Morgan fingerprint density at radius 2 is 1.84 bits per heavy atom. The van der Waals surface area contributed by atoms with E-state index in [1.54, 1.807) is 42.5 Å². The number of primary amides is 1. The molecule has 0 radical (unpaired) electrons. The molecule has 4 rings (SSSR count). The number of methoxy groups -OCH3 is 1. The summed E-state index contributed by atoms with van der Waals surface area (Å²) in [5.41, 5.74) is 6.17. The Hall–Kier alpha value is -4.58. The maximum Gasteiger partial charge on any atom is 0.279 e. The van der Waals surface area contributed by atoms with Crippen molar-refractivity contribution in [3.8, 4) is 17.2 Å². The van der Waals surface area contributed by atoms with Gasteiger partial charge in [0.2, 0.25) is 5.91 Å². The summed E-state index contributed by atoms with van der Waals surface area (Å²) >= 11 is 1.22. The molecule has 0 fully saturated rings. The Kier molecular flexibility index (Phi) is 8.12. The second-order valence-electron chi connectivity index (χ2n) is 7.96. The van der Waals surface area contributed by atoms with Crippen LogP contribution in [0.5, 0.6) is 17.2 Å². The molecular formula is C26H23FN4O6S. The minimum Gasteiger partial charge on any atom is -0.507 e. The second-order valence-corrected chi connectivity index (χ2v) is 9.03. The molecule has 3 amide bonds. The minimum absolute atomic E-state index is 0.0414. The lowest BCUT2D eigenvalue weighted by Crippen LogP contribution is -2.36. The molecule has 0 saturated carbocycles. The van der Waals surface area contributed by atoms with Gasteiger partial charge in [0.1, 0.15) is 22.0 Å². The lowest BCUT2D eigenvalue weighted by molar-refractivity contribution is -0.126. The highest BCUT2D eigenvalue weighted by atomic mass is 32.2. The summed E-state index contributed by atoms with van der Waals surface area (Å²) in [5, 5.41) is 18.0. The molecule has 1 heterocycles. The van der Waals surface area contributed by atoms with Gasteiger partial charge in [-0.2, -0.15) is 5.10 Å². The van der Waals surface area contributed by atoms with Crippen LogP contribution >= 0.6 is 11.8 Å². The average molecular weight is 539 g/mol. The van der Waals surface area contributed by atoms with Gasteiger partial charge in [0.25, 0.3) is 11.8 Å². The molecule has 1 atom stereocenters. The van der Waals surface area contributed by atoms with Crippen LogP contribution < -0.4 is 20.5 Å². The molecule has 12 heteroatoms. The van der Waals surface area contributed by atoms with E-state index in [0.29, 0.717) is 16.2 Å². The third kappa shape index (κ3) is 5.86. The Morgan fingerprint density at radius 1 is 1.11 bits per heavy atom. The van der Waals surface area contributed by atoms with Crippen LogP contribution in [0.25, 0.3) is 0 Å². The summed E-state index contributed by atoms with van der Waals surface area (Å²) < 4.78 is 24.8. The number of thioether (sulfide) groups is 1. The Bertz CT molecular complexity index is 1400. The molecule has 38 heavy (non-hydrogen) atoms. The van der Waals surface area contributed by atoms with Crippen molar-refractivity contribution in [3.05, 3.63) is 89.2 Å². The highest BCUT2D eigenvalue weighted by molar-refractivity contribution is 8.14. The van der Waals surface area contributed by atoms with Crippen molar-refractivity contribution in [1.29, 1.82) is 0 Å². The molecule has 4 N–H and O–H groups in total. The standard InChI is InChI=1S/C26H23FN4O6S/c1-36-23-18(6-4-8-20(23)37-14-22(34)29-13-21(28)33)26-31(25(35)17-5-2-3-7-19(17)32)30-24(38-26)15-9-11-16(27)12-10-15/h2-12,26,32H,13-14H2,1H3,(H2,28,33)(H,29,34). The number of nitrogens with zero attached hydrogens (tertiary/aromatic N) is 2. The number of aromatic hydroxyl groups is 1. The molecule has 0 bridgehead atoms. The Morgan fingerprint density at radius 3 is 2.53 bits per heavy atom. The largest absolute Gasteiger partial charge is 0.507 e. The topological polar surface area (TPSA) is 144 Å². The number of nitrogens with two attached hydrogens (primary N) is 1. The molecule has 0 aliphatic carbocycles. The number of phenols is 1. The number of phenolic OH excluding ortho intramolecular Hbond substituents is 1. The molecule has 10 nitrogen and oxygen atoms in total. The third-order valence-electron chi connectivity index (χ3n) is 5.38. The van der Waals surface area contributed by atoms with Crippen molar-refractivity contribution < 1.29 is 33.4 Å². The number of para-hydroxylation sites is 2. The zero-order valence-corrected chi connectivity index (χ0v) is 20.9. The molecular weight excluding hydrogens is 515 g/mol. The SMILES string of the molecule is COc1c(OCC(=O)NCC(N)=O)cccc1C1SC(c2ccc(F)cc2)=NN1C(=O)c1ccccc1O. The number of halogens is 1. The number of hydrazone groups is 1. The lowest BCUT2D eigenvalue weighted by Gasteiger charge is -2.24. The summed E-state index contributed by atoms with van der Waals surface area (Å²) in [4.78, 5) is 36.4. The first kappa shape index (κ1) is 26.5. The van der Waals surface area contributed by atoms with Gasteiger partial charge in [0.05, 0.1) is 19.2 Å². The monoisotopic (exact) mass is 538 g/mol. The predicted octanol–water partition coefficient (Wildman–Crippen LogP) is 2.77. The van der Waals surface area contributed by atoms with E-state index in [-0.39, 0.29) is 29.4 Å². The third-order valence-corrected chi connectivity index (χ3v) is 6.59. The maximum absolute atomic E-state index is 13.5. The fourth-order valence-corrected chi connectivity index (χ4v) is 4.79. The molecule has 196 valence electrons. The van der Waals surface area contributed by atoms with E-state index in [0.717, 1.165) is 0 Å². The quantitative estimate of drug-likeness (QED) is 0.380. The predicted molar refractivity (Wildman–Crippen MR) is 138 cm³/mol. The van der Waals surface area contributed by atoms with E-state index in [1.165, 1.54) is 48.1 Å². The van der Waals surface area contributed by atoms with Gasteiger partial charge >= 0.3 is 0 Å².